The molecule has 1 unspecified atom stereocenters. The van der Waals surface area contributed by atoms with Crippen LogP contribution in [-0.2, 0) is 0 Å². The number of carboxylic acids is 1. The van der Waals surface area contributed by atoms with Crippen LogP contribution in [0.3, 0.4) is 0 Å². The molecule has 2 aromatic carbocycles. The van der Waals surface area contributed by atoms with E-state index in [2.05, 4.69) is 11.9 Å². The number of hydrogen-bond acceptors (Lipinski definition) is 3. The average Bonchev–Trinajstić information content (AvgIpc) is 2.96. The van der Waals surface area contributed by atoms with E-state index in [9.17, 15) is 4.79 Å². The molecule has 1 aromatic heterocycles. The number of aromatic nitrogens is 1. The van der Waals surface area contributed by atoms with Crippen molar-refractivity contribution in [2.24, 2.45) is 0 Å². The van der Waals surface area contributed by atoms with Gasteiger partial charge in [0.15, 0.2) is 0 Å². The fourth-order valence-corrected chi connectivity index (χ4v) is 2.89. The van der Waals surface area contributed by atoms with Crippen LogP contribution < -0.4 is 10.5 Å². The molecule has 0 aliphatic carbocycles. The number of fused-ring (bicyclic) bond motifs is 1. The van der Waals surface area contributed by atoms with Crippen molar-refractivity contribution in [3.8, 4) is 5.75 Å². The number of anilines is 1. The Morgan fingerprint density at radius 3 is 2.70 bits per heavy atom. The monoisotopic (exact) mass is 310 g/mol. The van der Waals surface area contributed by atoms with E-state index in [0.29, 0.717) is 11.4 Å². The Labute approximate surface area is 133 Å². The van der Waals surface area contributed by atoms with Crippen molar-refractivity contribution in [2.45, 2.75) is 12.8 Å². The van der Waals surface area contributed by atoms with Crippen LogP contribution in [0.4, 0.5) is 5.69 Å². The van der Waals surface area contributed by atoms with Crippen molar-refractivity contribution in [1.82, 2.24) is 4.98 Å². The Bertz CT molecular complexity index is 883. The molecule has 0 radical (unpaired) electrons. The summed E-state index contributed by atoms with van der Waals surface area (Å²) in [6, 6.07) is 10.7. The molecule has 118 valence electrons. The second-order valence-electron chi connectivity index (χ2n) is 5.53. The zero-order valence-corrected chi connectivity index (χ0v) is 13.0. The minimum atomic E-state index is -0.970. The number of carbonyl (C=O) groups is 1. The summed E-state index contributed by atoms with van der Waals surface area (Å²) in [7, 11) is 1.55. The molecular weight excluding hydrogens is 292 g/mol. The molecule has 3 aromatic rings. The fraction of sp³-hybridized carbons (Fsp3) is 0.167. The van der Waals surface area contributed by atoms with Crippen molar-refractivity contribution in [3.05, 3.63) is 59.3 Å². The van der Waals surface area contributed by atoms with Gasteiger partial charge in [-0.2, -0.15) is 0 Å². The normalized spacial score (nSPS) is 12.3. The first-order valence-electron chi connectivity index (χ1n) is 7.29. The van der Waals surface area contributed by atoms with Crippen LogP contribution in [-0.4, -0.2) is 23.2 Å². The topological polar surface area (TPSA) is 88.3 Å². The van der Waals surface area contributed by atoms with Gasteiger partial charge >= 0.3 is 5.97 Å². The molecule has 0 amide bonds. The van der Waals surface area contributed by atoms with Gasteiger partial charge in [0.2, 0.25) is 0 Å². The smallest absolute Gasteiger partial charge is 0.335 e. The van der Waals surface area contributed by atoms with Gasteiger partial charge in [0.05, 0.1) is 12.7 Å². The van der Waals surface area contributed by atoms with Gasteiger partial charge in [-0.1, -0.05) is 13.0 Å². The lowest BCUT2D eigenvalue weighted by atomic mass is 9.91. The van der Waals surface area contributed by atoms with E-state index in [4.69, 9.17) is 15.6 Å². The molecule has 4 N–H and O–H groups in total. The van der Waals surface area contributed by atoms with Crippen LogP contribution in [0.1, 0.15) is 34.3 Å². The third kappa shape index (κ3) is 2.61. The molecule has 0 spiro atoms. The van der Waals surface area contributed by atoms with Gasteiger partial charge in [0.1, 0.15) is 5.75 Å². The van der Waals surface area contributed by atoms with E-state index in [0.717, 1.165) is 22.0 Å². The molecule has 5 heteroatoms. The number of nitrogen functional groups attached to an aromatic ring is 1. The van der Waals surface area contributed by atoms with Gasteiger partial charge in [-0.15, -0.1) is 0 Å². The summed E-state index contributed by atoms with van der Waals surface area (Å²) in [5, 5.41) is 10.2. The van der Waals surface area contributed by atoms with E-state index in [1.807, 2.05) is 24.4 Å². The molecule has 1 atom stereocenters. The Kier molecular flexibility index (Phi) is 3.70. The number of benzene rings is 2. The van der Waals surface area contributed by atoms with Crippen LogP contribution in [0.15, 0.2) is 42.6 Å². The summed E-state index contributed by atoms with van der Waals surface area (Å²) < 4.78 is 5.39. The van der Waals surface area contributed by atoms with Crippen molar-refractivity contribution in [3.63, 3.8) is 0 Å². The highest BCUT2D eigenvalue weighted by Crippen LogP contribution is 2.36. The summed E-state index contributed by atoms with van der Waals surface area (Å²) in [6.07, 6.45) is 1.96. The van der Waals surface area contributed by atoms with Crippen LogP contribution in [0.5, 0.6) is 5.75 Å². The van der Waals surface area contributed by atoms with Crippen molar-refractivity contribution < 1.29 is 14.6 Å². The summed E-state index contributed by atoms with van der Waals surface area (Å²) in [5.41, 5.74) is 9.85. The second kappa shape index (κ2) is 5.68. The zero-order valence-electron chi connectivity index (χ0n) is 13.0. The quantitative estimate of drug-likeness (QED) is 0.642. The Hall–Kier alpha value is -2.95. The average molecular weight is 310 g/mol. The largest absolute Gasteiger partial charge is 0.496 e. The second-order valence-corrected chi connectivity index (χ2v) is 5.53. The van der Waals surface area contributed by atoms with Crippen LogP contribution >= 0.6 is 0 Å². The lowest BCUT2D eigenvalue weighted by Gasteiger charge is -2.16. The highest BCUT2D eigenvalue weighted by molar-refractivity contribution is 5.89. The molecule has 1 heterocycles. The predicted octanol–water partition coefficient (Wildman–Crippen LogP) is 3.61. The Morgan fingerprint density at radius 1 is 1.22 bits per heavy atom. The summed E-state index contributed by atoms with van der Waals surface area (Å²) in [6.45, 7) is 2.06. The Balaban J connectivity index is 2.10. The number of nitrogens with two attached hydrogens (primary N) is 1. The number of H-pyrrole nitrogens is 1. The lowest BCUT2D eigenvalue weighted by molar-refractivity contribution is 0.0696. The van der Waals surface area contributed by atoms with Crippen molar-refractivity contribution >= 4 is 22.6 Å². The number of methoxy groups -OCH3 is 1. The lowest BCUT2D eigenvalue weighted by Crippen LogP contribution is -2.03. The maximum atomic E-state index is 11.1. The molecule has 23 heavy (non-hydrogen) atoms. The van der Waals surface area contributed by atoms with Crippen LogP contribution in [0, 0.1) is 0 Å². The molecule has 0 fully saturated rings. The molecule has 0 saturated heterocycles. The Morgan fingerprint density at radius 2 is 2.00 bits per heavy atom. The maximum absolute atomic E-state index is 11.1. The number of aromatic carboxylic acids is 1. The molecule has 0 aliphatic rings. The fourth-order valence-electron chi connectivity index (χ4n) is 2.89. The van der Waals surface area contributed by atoms with E-state index in [1.165, 1.54) is 0 Å². The minimum Gasteiger partial charge on any atom is -0.496 e. The minimum absolute atomic E-state index is 0.0309. The molecule has 3 rings (SSSR count). The van der Waals surface area contributed by atoms with E-state index < -0.39 is 5.97 Å². The number of nitrogens with one attached hydrogen (secondary N) is 1. The molecular formula is C18H18N2O3. The number of rotatable bonds is 4. The van der Waals surface area contributed by atoms with Gasteiger partial charge in [-0.25, -0.2) is 4.79 Å². The first-order chi connectivity index (χ1) is 11.0. The van der Waals surface area contributed by atoms with Gasteiger partial charge in [-0.05, 0) is 35.9 Å². The van der Waals surface area contributed by atoms with E-state index in [1.54, 1.807) is 25.3 Å². The van der Waals surface area contributed by atoms with Crippen LogP contribution in [0.25, 0.3) is 10.9 Å². The number of carboxylic acid groups (broad SMARTS) is 1. The van der Waals surface area contributed by atoms with Crippen LogP contribution in [0.2, 0.25) is 0 Å². The van der Waals surface area contributed by atoms with Crippen molar-refractivity contribution in [2.75, 3.05) is 12.8 Å². The summed E-state index contributed by atoms with van der Waals surface area (Å²) >= 11 is 0. The van der Waals surface area contributed by atoms with Crippen molar-refractivity contribution in [1.29, 1.82) is 0 Å². The first kappa shape index (κ1) is 15.0. The highest BCUT2D eigenvalue weighted by atomic mass is 16.5. The zero-order chi connectivity index (χ0) is 16.6. The van der Waals surface area contributed by atoms with Gasteiger partial charge < -0.3 is 20.6 Å². The van der Waals surface area contributed by atoms with E-state index in [-0.39, 0.29) is 11.5 Å². The van der Waals surface area contributed by atoms with Gasteiger partial charge in [-0.3, -0.25) is 0 Å². The predicted molar refractivity (Wildman–Crippen MR) is 90.2 cm³/mol. The maximum Gasteiger partial charge on any atom is 0.335 e. The summed E-state index contributed by atoms with van der Waals surface area (Å²) in [4.78, 5) is 14.4. The number of ether oxygens (including phenoxy) is 1. The van der Waals surface area contributed by atoms with E-state index >= 15 is 0 Å². The number of hydrogen-bond donors (Lipinski definition) is 3. The third-order valence-corrected chi connectivity index (χ3v) is 4.15. The van der Waals surface area contributed by atoms with Gasteiger partial charge in [0, 0.05) is 34.3 Å². The standard InChI is InChI=1S/C18H18N2O3/c1-10(13-5-3-11(18(21)22)7-17(13)23-2)15-9-20-16-6-4-12(19)8-14(15)16/h3-10,20H,19H2,1-2H3,(H,21,22). The molecule has 0 bridgehead atoms. The summed E-state index contributed by atoms with van der Waals surface area (Å²) in [5.74, 6) is -0.374. The SMILES string of the molecule is COc1cc(C(=O)O)ccc1C(C)c1c[nH]c2ccc(N)cc12. The number of aromatic amines is 1. The third-order valence-electron chi connectivity index (χ3n) is 4.15. The molecule has 0 aliphatic heterocycles. The molecule has 5 nitrogen and oxygen atoms in total. The molecule has 0 saturated carbocycles. The first-order valence-corrected chi connectivity index (χ1v) is 7.29. The van der Waals surface area contributed by atoms with Gasteiger partial charge in [0.25, 0.3) is 0 Å². The highest BCUT2D eigenvalue weighted by Gasteiger charge is 2.18.